The van der Waals surface area contributed by atoms with Crippen molar-refractivity contribution in [2.24, 2.45) is 0 Å². The molecule has 0 aliphatic carbocycles. The Morgan fingerprint density at radius 1 is 1.00 bits per heavy atom. The average Bonchev–Trinajstić information content (AvgIpc) is 1.69. The Hall–Kier alpha value is -0.531. The van der Waals surface area contributed by atoms with Gasteiger partial charge in [0, 0.05) is 12.1 Å². The molecular weight excluding hydrogens is 154 g/mol. The van der Waals surface area contributed by atoms with E-state index in [0.717, 1.165) is 4.73 Å². The first-order valence-electron chi connectivity index (χ1n) is 2.03. The van der Waals surface area contributed by atoms with E-state index in [1.54, 1.807) is 18.2 Å². The van der Waals surface area contributed by atoms with Crippen LogP contribution >= 0.6 is 0 Å². The Labute approximate surface area is 58.2 Å². The maximum atomic E-state index is 10.2. The third-order valence-corrected chi connectivity index (χ3v) is 0.688. The van der Waals surface area contributed by atoms with Crippen molar-refractivity contribution in [2.45, 2.75) is 0 Å². The molecule has 45 valence electrons. The number of hydrogen-bond donors (Lipinski definition) is 0. The maximum Gasteiger partial charge on any atom is 2.00 e. The molecule has 2 nitrogen and oxygen atoms in total. The van der Waals surface area contributed by atoms with Crippen LogP contribution in [0.1, 0.15) is 0 Å². The molecule has 0 aliphatic rings. The van der Waals surface area contributed by atoms with E-state index in [4.69, 9.17) is 0 Å². The van der Waals surface area contributed by atoms with Crippen molar-refractivity contribution in [1.29, 1.82) is 0 Å². The van der Waals surface area contributed by atoms with E-state index < -0.39 is 0 Å². The van der Waals surface area contributed by atoms with E-state index in [0.29, 0.717) is 0 Å². The fourth-order valence-electron chi connectivity index (χ4n) is 0.383. The smallest absolute Gasteiger partial charge is 0.619 e. The van der Waals surface area contributed by atoms with Crippen molar-refractivity contribution in [3.63, 3.8) is 0 Å². The molecule has 1 rings (SSSR count). The van der Waals surface area contributed by atoms with Gasteiger partial charge in [-0.15, -0.1) is 0 Å². The van der Waals surface area contributed by atoms with Crippen LogP contribution < -0.4 is 4.73 Å². The summed E-state index contributed by atoms with van der Waals surface area (Å²) in [5.74, 6) is 0. The zero-order valence-corrected chi connectivity index (χ0v) is 4.99. The molecule has 8 heavy (non-hydrogen) atoms. The molecule has 0 aromatic carbocycles. The molecule has 1 radical (unpaired) electrons. The van der Waals surface area contributed by atoms with Gasteiger partial charge in [-0.3, -0.25) is 0 Å². The summed E-state index contributed by atoms with van der Waals surface area (Å²) in [5.41, 5.74) is 0. The second-order valence-corrected chi connectivity index (χ2v) is 1.24. The Kier molecular flexibility index (Phi) is 3.24. The van der Waals surface area contributed by atoms with E-state index in [9.17, 15) is 5.21 Å². The van der Waals surface area contributed by atoms with Crippen molar-refractivity contribution in [3.05, 3.63) is 35.8 Å². The van der Waals surface area contributed by atoms with Gasteiger partial charge in [0.2, 0.25) is 0 Å². The van der Waals surface area contributed by atoms with Crippen LogP contribution in [-0.4, -0.2) is 0 Å². The second kappa shape index (κ2) is 3.47. The first-order chi connectivity index (χ1) is 3.39. The van der Waals surface area contributed by atoms with Gasteiger partial charge in [0.1, 0.15) is 0 Å². The minimum atomic E-state index is 0. The van der Waals surface area contributed by atoms with Crippen molar-refractivity contribution in [3.8, 4) is 0 Å². The van der Waals surface area contributed by atoms with Crippen LogP contribution in [-0.2, 0) is 17.1 Å². The summed E-state index contributed by atoms with van der Waals surface area (Å²) in [4.78, 5) is 0. The van der Waals surface area contributed by atoms with Gasteiger partial charge in [-0.05, 0) is 0 Å². The molecule has 0 bridgehead atoms. The summed E-state index contributed by atoms with van der Waals surface area (Å²) in [6.45, 7) is 0. The topological polar surface area (TPSA) is 26.9 Å². The van der Waals surface area contributed by atoms with Gasteiger partial charge in [0.05, 0.1) is 0 Å². The average molecular weight is 159 g/mol. The third-order valence-electron chi connectivity index (χ3n) is 0.688. The number of nitrogens with zero attached hydrogens (tertiary/aromatic N) is 1. The van der Waals surface area contributed by atoms with Crippen LogP contribution in [0.15, 0.2) is 30.6 Å². The molecule has 0 amide bonds. The predicted molar refractivity (Wildman–Crippen MR) is 25.4 cm³/mol. The van der Waals surface area contributed by atoms with Gasteiger partial charge >= 0.3 is 17.1 Å². The van der Waals surface area contributed by atoms with E-state index >= 15 is 0 Å². The number of rotatable bonds is 0. The van der Waals surface area contributed by atoms with E-state index in [-0.39, 0.29) is 17.1 Å². The van der Waals surface area contributed by atoms with E-state index in [1.807, 2.05) is 0 Å². The fraction of sp³-hybridized carbons (Fsp3) is 0. The van der Waals surface area contributed by atoms with Gasteiger partial charge in [-0.2, -0.15) is 4.73 Å². The van der Waals surface area contributed by atoms with Gasteiger partial charge in [0.25, 0.3) is 0 Å². The molecule has 0 spiro atoms. The zero-order valence-electron chi connectivity index (χ0n) is 4.04. The van der Waals surface area contributed by atoms with Crippen LogP contribution in [0, 0.1) is 5.21 Å². The minimum absolute atomic E-state index is 0. The van der Waals surface area contributed by atoms with Crippen LogP contribution in [0.5, 0.6) is 0 Å². The summed E-state index contributed by atoms with van der Waals surface area (Å²) in [6.07, 6.45) is 2.89. The molecule has 0 unspecified atom stereocenters. The fourth-order valence-corrected chi connectivity index (χ4v) is 0.383. The van der Waals surface area contributed by atoms with Crippen LogP contribution in [0.4, 0.5) is 0 Å². The normalized spacial score (nSPS) is 7.50. The van der Waals surface area contributed by atoms with Gasteiger partial charge in [-0.25, -0.2) is 0 Å². The van der Waals surface area contributed by atoms with Crippen molar-refractivity contribution in [2.75, 3.05) is 0 Å². The number of pyridine rings is 1. The first kappa shape index (κ1) is 7.47. The zero-order chi connectivity index (χ0) is 5.11. The largest absolute Gasteiger partial charge is 2.00 e. The molecule has 3 heteroatoms. The summed E-state index contributed by atoms with van der Waals surface area (Å²) in [6, 6.07) is 5.18. The molecule has 0 fully saturated rings. The van der Waals surface area contributed by atoms with Crippen molar-refractivity contribution < 1.29 is 21.8 Å². The van der Waals surface area contributed by atoms with Gasteiger partial charge in [-0.1, -0.05) is 6.07 Å². The molecule has 0 saturated heterocycles. The van der Waals surface area contributed by atoms with Crippen LogP contribution in [0.25, 0.3) is 0 Å². The molecule has 0 saturated carbocycles. The van der Waals surface area contributed by atoms with Crippen LogP contribution in [0.2, 0.25) is 0 Å². The maximum absolute atomic E-state index is 10.2. The molecular formula is C5H5CuNO+2. The summed E-state index contributed by atoms with van der Waals surface area (Å²) in [5, 5.41) is 10.2. The summed E-state index contributed by atoms with van der Waals surface area (Å²) in [7, 11) is 0. The summed E-state index contributed by atoms with van der Waals surface area (Å²) < 4.78 is 0.750. The third kappa shape index (κ3) is 1.96. The quantitative estimate of drug-likeness (QED) is 0.304. The molecule has 0 aliphatic heterocycles. The Bertz CT molecular complexity index is 142. The Balaban J connectivity index is 0.000000490. The predicted octanol–water partition coefficient (Wildman–Crippen LogP) is 0.318. The van der Waals surface area contributed by atoms with E-state index in [2.05, 4.69) is 0 Å². The molecule has 1 aromatic rings. The minimum Gasteiger partial charge on any atom is -0.619 e. The van der Waals surface area contributed by atoms with Crippen molar-refractivity contribution in [1.82, 2.24) is 0 Å². The van der Waals surface area contributed by atoms with Gasteiger partial charge < -0.3 is 5.21 Å². The number of hydrogen-bond acceptors (Lipinski definition) is 1. The summed E-state index contributed by atoms with van der Waals surface area (Å²) >= 11 is 0. The monoisotopic (exact) mass is 158 g/mol. The first-order valence-corrected chi connectivity index (χ1v) is 2.03. The second-order valence-electron chi connectivity index (χ2n) is 1.24. The standard InChI is InChI=1S/C5H5NO.Cu/c7-6-4-2-1-3-5-6;/h1-5H;/q;+2. The molecule has 1 heterocycles. The van der Waals surface area contributed by atoms with Crippen molar-refractivity contribution >= 4 is 0 Å². The molecule has 0 atom stereocenters. The number of aromatic nitrogens is 1. The Morgan fingerprint density at radius 2 is 1.50 bits per heavy atom. The SMILES string of the molecule is [Cu+2].[O-][n+]1ccccc1. The van der Waals surface area contributed by atoms with E-state index in [1.165, 1.54) is 12.4 Å². The molecule has 0 N–H and O–H groups in total. The van der Waals surface area contributed by atoms with Gasteiger partial charge in [0.15, 0.2) is 12.4 Å². The Morgan fingerprint density at radius 3 is 1.75 bits per heavy atom. The van der Waals surface area contributed by atoms with Crippen LogP contribution in [0.3, 0.4) is 0 Å². The molecule has 1 aromatic heterocycles.